The molecule has 0 fully saturated rings. The molecular weight excluding hydrogens is 335 g/mol. The van der Waals surface area contributed by atoms with Crippen molar-refractivity contribution in [2.45, 2.75) is 6.92 Å². The predicted molar refractivity (Wildman–Crippen MR) is 71.5 cm³/mol. The van der Waals surface area contributed by atoms with Crippen molar-refractivity contribution in [1.29, 1.82) is 0 Å². The highest BCUT2D eigenvalue weighted by Gasteiger charge is 2.10. The fraction of sp³-hybridized carbons (Fsp3) is 0.100. The minimum atomic E-state index is 0.919. The van der Waals surface area contributed by atoms with Crippen LogP contribution in [-0.4, -0.2) is 19.6 Å². The second kappa shape index (κ2) is 3.77. The third-order valence-corrected chi connectivity index (χ3v) is 3.76. The van der Waals surface area contributed by atoms with Crippen LogP contribution in [0.1, 0.15) is 5.56 Å². The smallest absolute Gasteiger partial charge is 0.213 e. The molecule has 4 nitrogen and oxygen atoms in total. The van der Waals surface area contributed by atoms with E-state index < -0.39 is 0 Å². The van der Waals surface area contributed by atoms with Gasteiger partial charge in [-0.05, 0) is 41.1 Å². The van der Waals surface area contributed by atoms with Crippen molar-refractivity contribution < 1.29 is 0 Å². The predicted octanol–water partition coefficient (Wildman–Crippen LogP) is 2.77. The molecule has 0 radical (unpaired) electrons. The summed E-state index contributed by atoms with van der Waals surface area (Å²) in [7, 11) is 0. The quantitative estimate of drug-likeness (QED) is 0.639. The fourth-order valence-corrected chi connectivity index (χ4v) is 3.08. The lowest BCUT2D eigenvalue weighted by molar-refractivity contribution is 0.975. The molecule has 0 saturated heterocycles. The molecule has 3 rings (SSSR count). The summed E-state index contributed by atoms with van der Waals surface area (Å²) in [6, 6.07) is 1.99. The molecule has 0 saturated carbocycles. The first-order chi connectivity index (χ1) is 7.74. The summed E-state index contributed by atoms with van der Waals surface area (Å²) in [4.78, 5) is 9.42. The maximum absolute atomic E-state index is 4.49. The summed E-state index contributed by atoms with van der Waals surface area (Å²) in [5.41, 5.74) is 2.26. The Labute approximate surface area is 110 Å². The monoisotopic (exact) mass is 342 g/mol. The molecular formula is C10H7IN4S. The molecule has 0 aliphatic carbocycles. The number of halogens is 1. The number of nitrogens with zero attached hydrogens (tertiary/aromatic N) is 4. The van der Waals surface area contributed by atoms with Crippen LogP contribution in [0.15, 0.2) is 24.7 Å². The highest BCUT2D eigenvalue weighted by Crippen LogP contribution is 2.27. The van der Waals surface area contributed by atoms with Crippen LogP contribution in [0.4, 0.5) is 0 Å². The number of imidazole rings is 1. The van der Waals surface area contributed by atoms with Gasteiger partial charge >= 0.3 is 0 Å². The molecule has 80 valence electrons. The first kappa shape index (κ1) is 10.2. The highest BCUT2D eigenvalue weighted by atomic mass is 127. The first-order valence-electron chi connectivity index (χ1n) is 4.67. The summed E-state index contributed by atoms with van der Waals surface area (Å²) in [5, 5.41) is 5.46. The summed E-state index contributed by atoms with van der Waals surface area (Å²) < 4.78 is 2.78. The molecule has 3 aromatic heterocycles. The first-order valence-corrected chi connectivity index (χ1v) is 6.56. The standard InChI is InChI=1S/C10H7IN4S/c1-6-2-3-12-4-7(6)9-14-15-5-8(11)13-10(15)16-9/h2-5H,1H3. The van der Waals surface area contributed by atoms with Gasteiger partial charge in [0.2, 0.25) is 4.96 Å². The molecule has 0 N–H and O–H groups in total. The molecule has 0 unspecified atom stereocenters. The Morgan fingerprint density at radius 3 is 3.06 bits per heavy atom. The maximum Gasteiger partial charge on any atom is 0.213 e. The number of rotatable bonds is 1. The summed E-state index contributed by atoms with van der Waals surface area (Å²) in [5.74, 6) is 0. The SMILES string of the molecule is Cc1ccncc1-c1nn2cc(I)nc2s1. The molecule has 0 aliphatic rings. The third kappa shape index (κ3) is 1.61. The maximum atomic E-state index is 4.49. The number of hydrogen-bond acceptors (Lipinski definition) is 4. The molecule has 3 heterocycles. The third-order valence-electron chi connectivity index (χ3n) is 2.28. The Morgan fingerprint density at radius 1 is 1.44 bits per heavy atom. The lowest BCUT2D eigenvalue weighted by Gasteiger charge is -1.98. The van der Waals surface area contributed by atoms with E-state index in [0.717, 1.165) is 19.2 Å². The van der Waals surface area contributed by atoms with Crippen molar-refractivity contribution in [3.63, 3.8) is 0 Å². The van der Waals surface area contributed by atoms with Crippen molar-refractivity contribution in [2.24, 2.45) is 0 Å². The zero-order chi connectivity index (χ0) is 11.1. The van der Waals surface area contributed by atoms with E-state index in [1.165, 1.54) is 5.56 Å². The van der Waals surface area contributed by atoms with Crippen LogP contribution in [0.25, 0.3) is 15.5 Å². The summed E-state index contributed by atoms with van der Waals surface area (Å²) >= 11 is 3.77. The lowest BCUT2D eigenvalue weighted by Crippen LogP contribution is -1.86. The average Bonchev–Trinajstić information content (AvgIpc) is 2.75. The average molecular weight is 342 g/mol. The van der Waals surface area contributed by atoms with Crippen molar-refractivity contribution in [2.75, 3.05) is 0 Å². The summed E-state index contributed by atoms with van der Waals surface area (Å²) in [6.45, 7) is 2.06. The van der Waals surface area contributed by atoms with Gasteiger partial charge < -0.3 is 0 Å². The van der Waals surface area contributed by atoms with Crippen LogP contribution < -0.4 is 0 Å². The Morgan fingerprint density at radius 2 is 2.31 bits per heavy atom. The highest BCUT2D eigenvalue weighted by molar-refractivity contribution is 14.1. The van der Waals surface area contributed by atoms with Crippen LogP contribution in [0.3, 0.4) is 0 Å². The number of pyridine rings is 1. The van der Waals surface area contributed by atoms with Crippen LogP contribution in [0, 0.1) is 10.6 Å². The second-order valence-electron chi connectivity index (χ2n) is 3.39. The van der Waals surface area contributed by atoms with Gasteiger partial charge in [0.1, 0.15) is 8.71 Å². The van der Waals surface area contributed by atoms with Gasteiger partial charge in [0.15, 0.2) is 0 Å². The molecule has 0 spiro atoms. The minimum Gasteiger partial charge on any atom is -0.264 e. The van der Waals surface area contributed by atoms with Crippen LogP contribution in [0.2, 0.25) is 0 Å². The van der Waals surface area contributed by atoms with Crippen molar-refractivity contribution in [3.05, 3.63) is 33.9 Å². The van der Waals surface area contributed by atoms with Crippen LogP contribution in [-0.2, 0) is 0 Å². The zero-order valence-electron chi connectivity index (χ0n) is 8.38. The van der Waals surface area contributed by atoms with E-state index in [0.29, 0.717) is 0 Å². The molecule has 6 heteroatoms. The van der Waals surface area contributed by atoms with Crippen LogP contribution in [0.5, 0.6) is 0 Å². The molecule has 16 heavy (non-hydrogen) atoms. The second-order valence-corrected chi connectivity index (χ2v) is 5.45. The van der Waals surface area contributed by atoms with Crippen molar-refractivity contribution >= 4 is 38.9 Å². The number of hydrogen-bond donors (Lipinski definition) is 0. The van der Waals surface area contributed by atoms with Gasteiger partial charge in [-0.25, -0.2) is 9.50 Å². The van der Waals surface area contributed by atoms with Gasteiger partial charge in [0.25, 0.3) is 0 Å². The summed E-state index contributed by atoms with van der Waals surface area (Å²) in [6.07, 6.45) is 5.56. The Kier molecular flexibility index (Phi) is 2.40. The number of aromatic nitrogens is 4. The largest absolute Gasteiger partial charge is 0.264 e. The van der Waals surface area contributed by atoms with Gasteiger partial charge in [-0.15, -0.1) is 0 Å². The van der Waals surface area contributed by atoms with Gasteiger partial charge in [0.05, 0.1) is 6.20 Å². The van der Waals surface area contributed by atoms with Gasteiger partial charge in [-0.2, -0.15) is 5.10 Å². The molecule has 0 atom stereocenters. The number of aryl methyl sites for hydroxylation is 1. The van der Waals surface area contributed by atoms with E-state index in [4.69, 9.17) is 0 Å². The van der Waals surface area contributed by atoms with E-state index in [2.05, 4.69) is 44.6 Å². The van der Waals surface area contributed by atoms with Gasteiger partial charge in [-0.3, -0.25) is 4.98 Å². The molecule has 0 aliphatic heterocycles. The van der Waals surface area contributed by atoms with E-state index in [-0.39, 0.29) is 0 Å². The van der Waals surface area contributed by atoms with Gasteiger partial charge in [-0.1, -0.05) is 11.3 Å². The van der Waals surface area contributed by atoms with E-state index in [1.54, 1.807) is 17.5 Å². The Hall–Kier alpha value is -1.02. The lowest BCUT2D eigenvalue weighted by atomic mass is 10.2. The Bertz CT molecular complexity index is 626. The molecule has 0 aromatic carbocycles. The van der Waals surface area contributed by atoms with Crippen molar-refractivity contribution in [3.8, 4) is 10.6 Å². The minimum absolute atomic E-state index is 0.919. The van der Waals surface area contributed by atoms with E-state index in [9.17, 15) is 0 Å². The number of fused-ring (bicyclic) bond motifs is 1. The topological polar surface area (TPSA) is 43.1 Å². The normalized spacial score (nSPS) is 11.1. The molecule has 0 bridgehead atoms. The van der Waals surface area contributed by atoms with Crippen LogP contribution >= 0.6 is 33.9 Å². The molecule has 3 aromatic rings. The molecule has 0 amide bonds. The Balaban J connectivity index is 2.19. The van der Waals surface area contributed by atoms with E-state index in [1.807, 2.05) is 23.0 Å². The zero-order valence-corrected chi connectivity index (χ0v) is 11.4. The van der Waals surface area contributed by atoms with E-state index >= 15 is 0 Å². The van der Waals surface area contributed by atoms with Gasteiger partial charge in [0, 0.05) is 18.0 Å². The fourth-order valence-electron chi connectivity index (χ4n) is 1.47. The van der Waals surface area contributed by atoms with Crippen molar-refractivity contribution in [1.82, 2.24) is 19.6 Å².